The van der Waals surface area contributed by atoms with Crippen molar-refractivity contribution in [1.29, 1.82) is 0 Å². The molecule has 0 saturated carbocycles. The zero-order chi connectivity index (χ0) is 19.1. The molecule has 1 atom stereocenters. The highest BCUT2D eigenvalue weighted by molar-refractivity contribution is 5.74. The Balaban J connectivity index is 1.94. The topological polar surface area (TPSA) is 102 Å². The second kappa shape index (κ2) is 6.70. The number of aromatic amines is 1. The van der Waals surface area contributed by atoms with Gasteiger partial charge in [0, 0.05) is 26.2 Å². The maximum Gasteiger partial charge on any atom is 0.329 e. The van der Waals surface area contributed by atoms with Crippen LogP contribution in [0.15, 0.2) is 33.9 Å². The number of fused-ring (bicyclic) bond motifs is 1. The first-order valence-electron chi connectivity index (χ1n) is 9.20. The van der Waals surface area contributed by atoms with E-state index in [4.69, 9.17) is 10.7 Å². The molecular weight excluding hydrogens is 344 g/mol. The third kappa shape index (κ3) is 3.06. The van der Waals surface area contributed by atoms with Gasteiger partial charge in [-0.1, -0.05) is 24.3 Å². The summed E-state index contributed by atoms with van der Waals surface area (Å²) in [5, 5.41) is 0. The molecular formula is C19H24N6O2. The molecule has 8 heteroatoms. The highest BCUT2D eigenvalue weighted by Gasteiger charge is 2.25. The zero-order valence-electron chi connectivity index (χ0n) is 15.6. The second-order valence-corrected chi connectivity index (χ2v) is 7.26. The molecule has 0 radical (unpaired) electrons. The van der Waals surface area contributed by atoms with Gasteiger partial charge >= 0.3 is 5.69 Å². The largest absolute Gasteiger partial charge is 0.341 e. The summed E-state index contributed by atoms with van der Waals surface area (Å²) in [5.74, 6) is 0.690. The summed E-state index contributed by atoms with van der Waals surface area (Å²) in [5.41, 5.74) is 8.34. The van der Waals surface area contributed by atoms with E-state index < -0.39 is 11.2 Å². The van der Waals surface area contributed by atoms with Crippen LogP contribution in [0.1, 0.15) is 24.0 Å². The van der Waals surface area contributed by atoms with E-state index in [1.165, 1.54) is 4.57 Å². The Bertz CT molecular complexity index is 1110. The molecule has 1 aromatic carbocycles. The molecule has 0 bridgehead atoms. The Labute approximate surface area is 156 Å². The molecule has 0 aliphatic carbocycles. The van der Waals surface area contributed by atoms with Gasteiger partial charge in [-0.05, 0) is 30.9 Å². The fourth-order valence-corrected chi connectivity index (χ4v) is 3.76. The second-order valence-electron chi connectivity index (χ2n) is 7.26. The predicted octanol–water partition coefficient (Wildman–Crippen LogP) is 0.708. The molecule has 3 N–H and O–H groups in total. The summed E-state index contributed by atoms with van der Waals surface area (Å²) >= 11 is 0. The summed E-state index contributed by atoms with van der Waals surface area (Å²) in [6, 6.07) is 8.14. The number of nitrogens with one attached hydrogen (secondary N) is 1. The number of piperidine rings is 1. The molecule has 27 heavy (non-hydrogen) atoms. The lowest BCUT2D eigenvalue weighted by Gasteiger charge is -2.32. The van der Waals surface area contributed by atoms with Crippen LogP contribution in [0.3, 0.4) is 0 Å². The van der Waals surface area contributed by atoms with Crippen LogP contribution >= 0.6 is 0 Å². The highest BCUT2D eigenvalue weighted by Crippen LogP contribution is 2.24. The van der Waals surface area contributed by atoms with E-state index in [1.807, 2.05) is 35.8 Å². The summed E-state index contributed by atoms with van der Waals surface area (Å²) in [7, 11) is 1.62. The van der Waals surface area contributed by atoms with E-state index in [1.54, 1.807) is 7.05 Å². The van der Waals surface area contributed by atoms with E-state index in [9.17, 15) is 9.59 Å². The van der Waals surface area contributed by atoms with Crippen molar-refractivity contribution < 1.29 is 0 Å². The zero-order valence-corrected chi connectivity index (χ0v) is 15.6. The molecule has 1 aliphatic heterocycles. The van der Waals surface area contributed by atoms with Gasteiger partial charge in [0.25, 0.3) is 5.56 Å². The number of hydrogen-bond acceptors (Lipinski definition) is 5. The average Bonchev–Trinajstić information content (AvgIpc) is 3.02. The monoisotopic (exact) mass is 368 g/mol. The van der Waals surface area contributed by atoms with Gasteiger partial charge in [-0.25, -0.2) is 4.79 Å². The van der Waals surface area contributed by atoms with Gasteiger partial charge in [0.15, 0.2) is 11.2 Å². The molecule has 3 aromatic rings. The normalized spacial score (nSPS) is 17.6. The van der Waals surface area contributed by atoms with Crippen molar-refractivity contribution in [1.82, 2.24) is 19.1 Å². The smallest absolute Gasteiger partial charge is 0.329 e. The predicted molar refractivity (Wildman–Crippen MR) is 105 cm³/mol. The Kier molecular flexibility index (Phi) is 4.35. The van der Waals surface area contributed by atoms with E-state index in [0.29, 0.717) is 30.2 Å². The minimum absolute atomic E-state index is 0.0765. The number of benzene rings is 1. The minimum atomic E-state index is -0.463. The molecule has 1 unspecified atom stereocenters. The number of nitrogens with zero attached hydrogens (tertiary/aromatic N) is 4. The van der Waals surface area contributed by atoms with Crippen molar-refractivity contribution in [3.8, 4) is 0 Å². The lowest BCUT2D eigenvalue weighted by atomic mass is 10.1. The first-order valence-corrected chi connectivity index (χ1v) is 9.20. The van der Waals surface area contributed by atoms with Crippen LogP contribution in [0.25, 0.3) is 11.2 Å². The third-order valence-corrected chi connectivity index (χ3v) is 5.32. The van der Waals surface area contributed by atoms with E-state index >= 15 is 0 Å². The van der Waals surface area contributed by atoms with Gasteiger partial charge in [-0.2, -0.15) is 4.98 Å². The number of rotatable bonds is 3. The molecule has 8 nitrogen and oxygen atoms in total. The molecule has 0 amide bonds. The number of H-pyrrole nitrogens is 1. The Morgan fingerprint density at radius 2 is 2.07 bits per heavy atom. The van der Waals surface area contributed by atoms with Crippen LogP contribution < -0.4 is 21.9 Å². The Hall–Kier alpha value is -2.87. The highest BCUT2D eigenvalue weighted by atomic mass is 16.2. The van der Waals surface area contributed by atoms with Gasteiger partial charge in [-0.15, -0.1) is 0 Å². The maximum atomic E-state index is 12.6. The molecule has 142 valence electrons. The molecule has 4 rings (SSSR count). The van der Waals surface area contributed by atoms with E-state index in [0.717, 1.165) is 30.5 Å². The SMILES string of the molecule is Cc1ccccc1Cn1c(N2CCCC(N)C2)nc2c1c(=O)[nH]c(=O)n2C. The van der Waals surface area contributed by atoms with Crippen molar-refractivity contribution in [2.75, 3.05) is 18.0 Å². The number of imidazole rings is 1. The van der Waals surface area contributed by atoms with Crippen LogP contribution in [0, 0.1) is 6.92 Å². The molecule has 2 aromatic heterocycles. The maximum absolute atomic E-state index is 12.6. The molecule has 3 heterocycles. The number of aromatic nitrogens is 4. The Morgan fingerprint density at radius 1 is 1.30 bits per heavy atom. The quantitative estimate of drug-likeness (QED) is 0.709. The fraction of sp³-hybridized carbons (Fsp3) is 0.421. The summed E-state index contributed by atoms with van der Waals surface area (Å²) in [4.78, 5) is 33.9. The van der Waals surface area contributed by atoms with Crippen LogP contribution in [0.2, 0.25) is 0 Å². The molecule has 0 spiro atoms. The van der Waals surface area contributed by atoms with Crippen molar-refractivity contribution in [3.05, 3.63) is 56.2 Å². The number of hydrogen-bond donors (Lipinski definition) is 2. The lowest BCUT2D eigenvalue weighted by molar-refractivity contribution is 0.495. The van der Waals surface area contributed by atoms with Crippen molar-refractivity contribution >= 4 is 17.1 Å². The van der Waals surface area contributed by atoms with Gasteiger partial charge < -0.3 is 10.6 Å². The van der Waals surface area contributed by atoms with Crippen molar-refractivity contribution in [2.45, 2.75) is 32.4 Å². The Morgan fingerprint density at radius 3 is 2.81 bits per heavy atom. The van der Waals surface area contributed by atoms with Crippen LogP contribution in [0.5, 0.6) is 0 Å². The fourth-order valence-electron chi connectivity index (χ4n) is 3.76. The van der Waals surface area contributed by atoms with E-state index in [-0.39, 0.29) is 6.04 Å². The van der Waals surface area contributed by atoms with Gasteiger partial charge in [0.2, 0.25) is 5.95 Å². The van der Waals surface area contributed by atoms with Crippen LogP contribution in [-0.2, 0) is 13.6 Å². The summed E-state index contributed by atoms with van der Waals surface area (Å²) < 4.78 is 3.30. The standard InChI is InChI=1S/C19H24N6O2/c1-12-6-3-4-7-13(12)10-25-15-16(23(2)19(27)22-17(15)26)21-18(25)24-9-5-8-14(20)11-24/h3-4,6-7,14H,5,8-11,20H2,1-2H3,(H,22,26,27). The lowest BCUT2D eigenvalue weighted by Crippen LogP contribution is -2.44. The summed E-state index contributed by atoms with van der Waals surface area (Å²) in [6.45, 7) is 4.07. The number of anilines is 1. The van der Waals surface area contributed by atoms with Crippen molar-refractivity contribution in [2.24, 2.45) is 12.8 Å². The van der Waals surface area contributed by atoms with Crippen LogP contribution in [-0.4, -0.2) is 38.2 Å². The molecule has 1 aliphatic rings. The first kappa shape index (κ1) is 17.5. The van der Waals surface area contributed by atoms with Crippen LogP contribution in [0.4, 0.5) is 5.95 Å². The van der Waals surface area contributed by atoms with Gasteiger partial charge in [0.1, 0.15) is 0 Å². The summed E-state index contributed by atoms with van der Waals surface area (Å²) in [6.07, 6.45) is 1.96. The molecule has 1 saturated heterocycles. The average molecular weight is 368 g/mol. The minimum Gasteiger partial charge on any atom is -0.341 e. The third-order valence-electron chi connectivity index (χ3n) is 5.32. The van der Waals surface area contributed by atoms with Gasteiger partial charge in [0.05, 0.1) is 6.54 Å². The van der Waals surface area contributed by atoms with Gasteiger partial charge in [-0.3, -0.25) is 18.9 Å². The number of nitrogens with two attached hydrogens (primary N) is 1. The number of aryl methyl sites for hydroxylation is 2. The molecule has 1 fully saturated rings. The van der Waals surface area contributed by atoms with E-state index in [2.05, 4.69) is 9.88 Å². The first-order chi connectivity index (χ1) is 13.0. The van der Waals surface area contributed by atoms with Crippen molar-refractivity contribution in [3.63, 3.8) is 0 Å².